The first kappa shape index (κ1) is 14.5. The van der Waals surface area contributed by atoms with E-state index >= 15 is 0 Å². The second-order valence-corrected chi connectivity index (χ2v) is 5.25. The fourth-order valence-electron chi connectivity index (χ4n) is 2.28. The highest BCUT2D eigenvalue weighted by atomic mass is 35.5. The van der Waals surface area contributed by atoms with Crippen molar-refractivity contribution in [3.05, 3.63) is 39.9 Å². The first-order valence-electron chi connectivity index (χ1n) is 6.87. The molecule has 1 saturated heterocycles. The molecule has 2 N–H and O–H groups in total. The zero-order valence-electron chi connectivity index (χ0n) is 11.7. The van der Waals surface area contributed by atoms with Crippen LogP contribution in [0.4, 0.5) is 5.82 Å². The number of nitrogens with one attached hydrogen (secondary N) is 2. The van der Waals surface area contributed by atoms with Gasteiger partial charge in [-0.3, -0.25) is 14.6 Å². The molecule has 2 aromatic heterocycles. The van der Waals surface area contributed by atoms with Gasteiger partial charge < -0.3 is 15.2 Å². The summed E-state index contributed by atoms with van der Waals surface area (Å²) in [6.45, 7) is 1.52. The second kappa shape index (κ2) is 6.15. The number of carbonyl (C=O) groups is 1. The van der Waals surface area contributed by atoms with Crippen LogP contribution in [0.2, 0.25) is 5.02 Å². The molecule has 0 aromatic carbocycles. The van der Waals surface area contributed by atoms with Gasteiger partial charge in [0, 0.05) is 44.0 Å². The van der Waals surface area contributed by atoms with Crippen molar-refractivity contribution in [2.75, 3.05) is 24.5 Å². The molecular formula is C14H14ClN5O2. The van der Waals surface area contributed by atoms with Gasteiger partial charge in [0.15, 0.2) is 5.82 Å². The Morgan fingerprint density at radius 1 is 1.18 bits per heavy atom. The van der Waals surface area contributed by atoms with Crippen molar-refractivity contribution in [2.24, 2.45) is 0 Å². The van der Waals surface area contributed by atoms with E-state index in [2.05, 4.69) is 20.3 Å². The summed E-state index contributed by atoms with van der Waals surface area (Å²) in [7, 11) is 0. The smallest absolute Gasteiger partial charge is 0.272 e. The number of hydrogen-bond acceptors (Lipinski definition) is 5. The van der Waals surface area contributed by atoms with Gasteiger partial charge in [0.1, 0.15) is 10.8 Å². The topological polar surface area (TPSA) is 91.0 Å². The van der Waals surface area contributed by atoms with Crippen LogP contribution in [-0.4, -0.2) is 40.5 Å². The lowest BCUT2D eigenvalue weighted by Crippen LogP contribution is -2.31. The molecule has 3 heterocycles. The zero-order valence-corrected chi connectivity index (χ0v) is 12.4. The standard InChI is InChI=1S/C14H14ClN5O2/c15-11-13(20-7-3-10(21)17-6-8-20)18-12(19-14(11)22)9-1-4-16-5-2-9/h1-2,4-5H,3,6-8H2,(H,17,21)(H,18,19,22). The summed E-state index contributed by atoms with van der Waals surface area (Å²) < 4.78 is 0. The van der Waals surface area contributed by atoms with E-state index in [1.54, 1.807) is 24.5 Å². The van der Waals surface area contributed by atoms with Gasteiger partial charge in [-0.05, 0) is 12.1 Å². The molecule has 7 nitrogen and oxygen atoms in total. The summed E-state index contributed by atoms with van der Waals surface area (Å²) >= 11 is 6.11. The highest BCUT2D eigenvalue weighted by Gasteiger charge is 2.20. The van der Waals surface area contributed by atoms with E-state index in [9.17, 15) is 9.59 Å². The van der Waals surface area contributed by atoms with Crippen LogP contribution in [0, 0.1) is 0 Å². The van der Waals surface area contributed by atoms with Crippen LogP contribution in [0.25, 0.3) is 11.4 Å². The summed E-state index contributed by atoms with van der Waals surface area (Å²) in [6, 6.07) is 3.51. The van der Waals surface area contributed by atoms with Gasteiger partial charge in [-0.15, -0.1) is 0 Å². The van der Waals surface area contributed by atoms with E-state index in [4.69, 9.17) is 11.6 Å². The summed E-state index contributed by atoms with van der Waals surface area (Å²) in [5.74, 6) is 0.807. The maximum atomic E-state index is 12.1. The number of H-pyrrole nitrogens is 1. The van der Waals surface area contributed by atoms with E-state index in [-0.39, 0.29) is 10.9 Å². The highest BCUT2D eigenvalue weighted by Crippen LogP contribution is 2.23. The lowest BCUT2D eigenvalue weighted by molar-refractivity contribution is -0.120. The SMILES string of the molecule is O=C1CCN(c2nc(-c3ccncc3)[nH]c(=O)c2Cl)CCN1. The molecule has 2 aromatic rings. The molecule has 0 radical (unpaired) electrons. The maximum absolute atomic E-state index is 12.1. The number of halogens is 1. The van der Waals surface area contributed by atoms with E-state index in [1.807, 2.05) is 4.90 Å². The summed E-state index contributed by atoms with van der Waals surface area (Å²) in [5.41, 5.74) is 0.344. The number of aromatic amines is 1. The molecule has 0 unspecified atom stereocenters. The minimum atomic E-state index is -0.401. The van der Waals surface area contributed by atoms with Crippen LogP contribution in [0.1, 0.15) is 6.42 Å². The molecular weight excluding hydrogens is 306 g/mol. The molecule has 1 aliphatic heterocycles. The number of anilines is 1. The lowest BCUT2D eigenvalue weighted by atomic mass is 10.2. The minimum absolute atomic E-state index is 0.0159. The van der Waals surface area contributed by atoms with Gasteiger partial charge in [0.25, 0.3) is 5.56 Å². The summed E-state index contributed by atoms with van der Waals surface area (Å²) in [4.78, 5) is 36.4. The van der Waals surface area contributed by atoms with E-state index in [0.29, 0.717) is 37.7 Å². The molecule has 0 atom stereocenters. The van der Waals surface area contributed by atoms with Crippen LogP contribution >= 0.6 is 11.6 Å². The largest absolute Gasteiger partial charge is 0.354 e. The Labute approximate surface area is 131 Å². The molecule has 0 bridgehead atoms. The third-order valence-electron chi connectivity index (χ3n) is 3.41. The molecule has 114 valence electrons. The van der Waals surface area contributed by atoms with Crippen molar-refractivity contribution in [1.82, 2.24) is 20.3 Å². The number of amides is 1. The van der Waals surface area contributed by atoms with Crippen LogP contribution in [0.5, 0.6) is 0 Å². The minimum Gasteiger partial charge on any atom is -0.354 e. The van der Waals surface area contributed by atoms with E-state index in [0.717, 1.165) is 5.56 Å². The quantitative estimate of drug-likeness (QED) is 0.855. The van der Waals surface area contributed by atoms with Gasteiger partial charge in [-0.2, -0.15) is 0 Å². The average molecular weight is 320 g/mol. The molecule has 1 fully saturated rings. The monoisotopic (exact) mass is 319 g/mol. The summed E-state index contributed by atoms with van der Waals surface area (Å²) in [6.07, 6.45) is 3.59. The van der Waals surface area contributed by atoms with Gasteiger partial charge >= 0.3 is 0 Å². The van der Waals surface area contributed by atoms with Crippen molar-refractivity contribution in [3.63, 3.8) is 0 Å². The third-order valence-corrected chi connectivity index (χ3v) is 3.75. The molecule has 1 amide bonds. The predicted octanol–water partition coefficient (Wildman–Crippen LogP) is 0.812. The Hall–Kier alpha value is -2.41. The van der Waals surface area contributed by atoms with Crippen LogP contribution in [0.3, 0.4) is 0 Å². The fraction of sp³-hybridized carbons (Fsp3) is 0.286. The van der Waals surface area contributed by atoms with Gasteiger partial charge in [0.05, 0.1) is 0 Å². The molecule has 0 saturated carbocycles. The molecule has 22 heavy (non-hydrogen) atoms. The van der Waals surface area contributed by atoms with Crippen molar-refractivity contribution in [3.8, 4) is 11.4 Å². The third kappa shape index (κ3) is 2.94. The average Bonchev–Trinajstić information content (AvgIpc) is 2.75. The Balaban J connectivity index is 2.02. The predicted molar refractivity (Wildman–Crippen MR) is 82.9 cm³/mol. The van der Waals surface area contributed by atoms with E-state index < -0.39 is 5.56 Å². The number of pyridine rings is 1. The zero-order chi connectivity index (χ0) is 15.5. The van der Waals surface area contributed by atoms with Gasteiger partial charge in [0.2, 0.25) is 5.91 Å². The van der Waals surface area contributed by atoms with Crippen molar-refractivity contribution < 1.29 is 4.79 Å². The van der Waals surface area contributed by atoms with Crippen LogP contribution < -0.4 is 15.8 Å². The molecule has 8 heteroatoms. The summed E-state index contributed by atoms with van der Waals surface area (Å²) in [5, 5.41) is 2.81. The first-order valence-corrected chi connectivity index (χ1v) is 7.25. The molecule has 0 spiro atoms. The highest BCUT2D eigenvalue weighted by molar-refractivity contribution is 6.32. The fourth-order valence-corrected chi connectivity index (χ4v) is 2.49. The number of nitrogens with zero attached hydrogens (tertiary/aromatic N) is 3. The number of rotatable bonds is 2. The van der Waals surface area contributed by atoms with Gasteiger partial charge in [-0.25, -0.2) is 4.98 Å². The number of carbonyl (C=O) groups excluding carboxylic acids is 1. The normalized spacial score (nSPS) is 15.3. The maximum Gasteiger partial charge on any atom is 0.272 e. The molecule has 3 rings (SSSR count). The molecule has 1 aliphatic rings. The van der Waals surface area contributed by atoms with Gasteiger partial charge in [-0.1, -0.05) is 11.6 Å². The lowest BCUT2D eigenvalue weighted by Gasteiger charge is -2.21. The van der Waals surface area contributed by atoms with Crippen molar-refractivity contribution in [2.45, 2.75) is 6.42 Å². The van der Waals surface area contributed by atoms with Crippen molar-refractivity contribution in [1.29, 1.82) is 0 Å². The first-order chi connectivity index (χ1) is 10.6. The Kier molecular flexibility index (Phi) is 4.06. The van der Waals surface area contributed by atoms with Crippen LogP contribution in [-0.2, 0) is 4.79 Å². The number of hydrogen-bond donors (Lipinski definition) is 2. The van der Waals surface area contributed by atoms with Crippen molar-refractivity contribution >= 4 is 23.3 Å². The van der Waals surface area contributed by atoms with Crippen LogP contribution in [0.15, 0.2) is 29.3 Å². The number of aromatic nitrogens is 3. The Bertz CT molecular complexity index is 747. The molecule has 0 aliphatic carbocycles. The Morgan fingerprint density at radius 3 is 2.73 bits per heavy atom. The second-order valence-electron chi connectivity index (χ2n) is 4.88. The Morgan fingerprint density at radius 2 is 1.95 bits per heavy atom. The van der Waals surface area contributed by atoms with E-state index in [1.165, 1.54) is 0 Å².